The van der Waals surface area contributed by atoms with Gasteiger partial charge in [0, 0.05) is 24.0 Å². The van der Waals surface area contributed by atoms with Gasteiger partial charge in [0.1, 0.15) is 5.69 Å². The molecule has 6 heteroatoms. The summed E-state index contributed by atoms with van der Waals surface area (Å²) < 4.78 is 4.87. The summed E-state index contributed by atoms with van der Waals surface area (Å²) in [4.78, 5) is 31.3. The molecule has 2 aromatic rings. The van der Waals surface area contributed by atoms with Crippen molar-refractivity contribution in [3.05, 3.63) is 46.3 Å². The van der Waals surface area contributed by atoms with Gasteiger partial charge >= 0.3 is 5.69 Å². The third-order valence-electron chi connectivity index (χ3n) is 2.05. The maximum atomic E-state index is 11.8. The van der Waals surface area contributed by atoms with E-state index in [9.17, 15) is 9.59 Å². The molecule has 0 unspecified atom stereocenters. The molecule has 2 aromatic heterocycles. The minimum absolute atomic E-state index is 0.206. The molecule has 0 amide bonds. The van der Waals surface area contributed by atoms with Gasteiger partial charge in [0.05, 0.1) is 7.11 Å². The molecule has 0 bridgehead atoms. The van der Waals surface area contributed by atoms with Gasteiger partial charge in [-0.1, -0.05) is 0 Å². The summed E-state index contributed by atoms with van der Waals surface area (Å²) in [7, 11) is 1.49. The lowest BCUT2D eigenvalue weighted by atomic mass is 10.1. The summed E-state index contributed by atoms with van der Waals surface area (Å²) in [6.45, 7) is 0. The van der Waals surface area contributed by atoms with E-state index in [2.05, 4.69) is 15.0 Å². The van der Waals surface area contributed by atoms with E-state index >= 15 is 0 Å². The molecule has 0 saturated carbocycles. The van der Waals surface area contributed by atoms with Crippen LogP contribution in [0.3, 0.4) is 0 Å². The maximum absolute atomic E-state index is 11.8. The van der Waals surface area contributed by atoms with Crippen molar-refractivity contribution in [2.75, 3.05) is 7.11 Å². The van der Waals surface area contributed by atoms with Crippen molar-refractivity contribution in [1.29, 1.82) is 0 Å². The molecule has 0 aliphatic rings. The van der Waals surface area contributed by atoms with Crippen molar-refractivity contribution in [1.82, 2.24) is 15.0 Å². The zero-order valence-corrected chi connectivity index (χ0v) is 8.48. The largest absolute Gasteiger partial charge is 0.481 e. The number of aromatic nitrogens is 3. The van der Waals surface area contributed by atoms with Gasteiger partial charge in [-0.25, -0.2) is 9.78 Å². The molecule has 0 aliphatic carbocycles. The predicted molar refractivity (Wildman–Crippen MR) is 55.6 cm³/mol. The van der Waals surface area contributed by atoms with Gasteiger partial charge in [-0.3, -0.25) is 4.79 Å². The van der Waals surface area contributed by atoms with E-state index in [1.165, 1.54) is 19.5 Å². The fraction of sp³-hybridized carbons (Fsp3) is 0.100. The first-order chi connectivity index (χ1) is 7.70. The molecule has 82 valence electrons. The average Bonchev–Trinajstić information content (AvgIpc) is 2.75. The van der Waals surface area contributed by atoms with Crippen molar-refractivity contribution >= 4 is 5.78 Å². The number of pyridine rings is 1. The summed E-state index contributed by atoms with van der Waals surface area (Å²) in [5.74, 6) is 0.132. The average molecular weight is 219 g/mol. The van der Waals surface area contributed by atoms with E-state index < -0.39 is 5.69 Å². The lowest BCUT2D eigenvalue weighted by molar-refractivity contribution is 0.103. The molecule has 0 atom stereocenters. The van der Waals surface area contributed by atoms with Crippen LogP contribution in [0.25, 0.3) is 0 Å². The van der Waals surface area contributed by atoms with Gasteiger partial charge in [-0.15, -0.1) is 0 Å². The van der Waals surface area contributed by atoms with Crippen molar-refractivity contribution in [2.24, 2.45) is 0 Å². The molecule has 0 aliphatic heterocycles. The van der Waals surface area contributed by atoms with E-state index in [1.54, 1.807) is 12.1 Å². The lowest BCUT2D eigenvalue weighted by Crippen LogP contribution is -2.06. The Hall–Kier alpha value is -2.37. The Labute approximate surface area is 90.3 Å². The van der Waals surface area contributed by atoms with Gasteiger partial charge in [-0.05, 0) is 6.07 Å². The molecule has 2 N–H and O–H groups in total. The molecule has 0 saturated heterocycles. The fourth-order valence-electron chi connectivity index (χ4n) is 1.25. The number of rotatable bonds is 3. The molecule has 16 heavy (non-hydrogen) atoms. The zero-order chi connectivity index (χ0) is 11.5. The van der Waals surface area contributed by atoms with Crippen molar-refractivity contribution in [3.63, 3.8) is 0 Å². The minimum Gasteiger partial charge on any atom is -0.481 e. The zero-order valence-electron chi connectivity index (χ0n) is 8.48. The number of imidazole rings is 1. The first kappa shape index (κ1) is 10.2. The van der Waals surface area contributed by atoms with Gasteiger partial charge < -0.3 is 14.7 Å². The highest BCUT2D eigenvalue weighted by Crippen LogP contribution is 2.09. The molecular formula is C10H9N3O3. The van der Waals surface area contributed by atoms with Crippen LogP contribution in [-0.2, 0) is 0 Å². The third kappa shape index (κ3) is 1.85. The van der Waals surface area contributed by atoms with Crippen LogP contribution in [0.2, 0.25) is 0 Å². The lowest BCUT2D eigenvalue weighted by Gasteiger charge is -1.99. The normalized spacial score (nSPS) is 10.1. The molecule has 0 fully saturated rings. The third-order valence-corrected chi connectivity index (χ3v) is 2.05. The van der Waals surface area contributed by atoms with Crippen molar-refractivity contribution in [3.8, 4) is 5.88 Å². The van der Waals surface area contributed by atoms with E-state index in [4.69, 9.17) is 4.74 Å². The number of carbonyl (C=O) groups is 1. The second-order valence-corrected chi connectivity index (χ2v) is 3.07. The highest BCUT2D eigenvalue weighted by molar-refractivity contribution is 6.07. The van der Waals surface area contributed by atoms with E-state index in [0.29, 0.717) is 11.4 Å². The molecule has 0 radical (unpaired) electrons. The van der Waals surface area contributed by atoms with Crippen LogP contribution < -0.4 is 10.4 Å². The van der Waals surface area contributed by atoms with Crippen LogP contribution in [0.5, 0.6) is 5.88 Å². The molecule has 0 aromatic carbocycles. The monoisotopic (exact) mass is 219 g/mol. The van der Waals surface area contributed by atoms with Gasteiger partial charge in [0.2, 0.25) is 11.7 Å². The van der Waals surface area contributed by atoms with Crippen molar-refractivity contribution in [2.45, 2.75) is 0 Å². The first-order valence-corrected chi connectivity index (χ1v) is 4.53. The van der Waals surface area contributed by atoms with E-state index in [0.717, 1.165) is 0 Å². The molecule has 0 spiro atoms. The predicted octanol–water partition coefficient (Wildman–Crippen LogP) is 0.338. The number of aromatic amines is 2. The maximum Gasteiger partial charge on any atom is 0.323 e. The highest BCUT2D eigenvalue weighted by Gasteiger charge is 2.11. The van der Waals surface area contributed by atoms with Gasteiger partial charge in [0.15, 0.2) is 0 Å². The molecule has 6 nitrogen and oxygen atoms in total. The first-order valence-electron chi connectivity index (χ1n) is 4.53. The Bertz CT molecular complexity index is 553. The number of carbonyl (C=O) groups excluding carboxylic acids is 1. The molecular weight excluding hydrogens is 210 g/mol. The fourth-order valence-corrected chi connectivity index (χ4v) is 1.25. The molecule has 2 rings (SSSR count). The second kappa shape index (κ2) is 4.01. The smallest absolute Gasteiger partial charge is 0.323 e. The van der Waals surface area contributed by atoms with Crippen LogP contribution in [0.4, 0.5) is 0 Å². The topological polar surface area (TPSA) is 87.8 Å². The summed E-state index contributed by atoms with van der Waals surface area (Å²) >= 11 is 0. The summed E-state index contributed by atoms with van der Waals surface area (Å²) in [5, 5.41) is 0. The number of ketones is 1. The van der Waals surface area contributed by atoms with Crippen LogP contribution in [0, 0.1) is 0 Å². The Balaban J connectivity index is 2.30. The second-order valence-electron chi connectivity index (χ2n) is 3.07. The quantitative estimate of drug-likeness (QED) is 0.728. The molecule has 2 heterocycles. The standard InChI is InChI=1S/C10H9N3O3/c1-16-8-3-2-6(4-11-8)9(14)7-5-12-10(15)13-7/h2-5H,1H3,(H2,12,13,15). The number of hydrogen-bond donors (Lipinski definition) is 2. The van der Waals surface area contributed by atoms with Crippen LogP contribution >= 0.6 is 0 Å². The number of nitrogens with zero attached hydrogens (tertiary/aromatic N) is 1. The number of nitrogens with one attached hydrogen (secondary N) is 2. The van der Waals surface area contributed by atoms with Crippen LogP contribution in [-0.4, -0.2) is 27.8 Å². The Kier molecular flexibility index (Phi) is 2.55. The highest BCUT2D eigenvalue weighted by atomic mass is 16.5. The minimum atomic E-state index is -0.412. The van der Waals surface area contributed by atoms with Gasteiger partial charge in [-0.2, -0.15) is 0 Å². The number of hydrogen-bond acceptors (Lipinski definition) is 4. The SMILES string of the molecule is COc1ccc(C(=O)c2c[nH]c(=O)[nH]2)cn1. The van der Waals surface area contributed by atoms with E-state index in [1.807, 2.05) is 0 Å². The van der Waals surface area contributed by atoms with Gasteiger partial charge in [0.25, 0.3) is 0 Å². The van der Waals surface area contributed by atoms with E-state index in [-0.39, 0.29) is 11.5 Å². The Morgan fingerprint density at radius 3 is 2.75 bits per heavy atom. The van der Waals surface area contributed by atoms with Crippen molar-refractivity contribution < 1.29 is 9.53 Å². The Morgan fingerprint density at radius 1 is 1.44 bits per heavy atom. The van der Waals surface area contributed by atoms with Crippen LogP contribution in [0.15, 0.2) is 29.3 Å². The summed E-state index contributed by atoms with van der Waals surface area (Å²) in [6.07, 6.45) is 2.72. The summed E-state index contributed by atoms with van der Waals surface area (Å²) in [5.41, 5.74) is 0.179. The number of ether oxygens (including phenoxy) is 1. The van der Waals surface area contributed by atoms with Crippen LogP contribution in [0.1, 0.15) is 16.1 Å². The number of methoxy groups -OCH3 is 1. The summed E-state index contributed by atoms with van der Waals surface area (Å²) in [6, 6.07) is 3.16. The Morgan fingerprint density at radius 2 is 2.25 bits per heavy atom. The number of H-pyrrole nitrogens is 2.